The SMILES string of the molecule is N[C@H](CCCC1CCN(C(=O)OCc2ccccc2)CC1)C(=O)O. The minimum absolute atomic E-state index is 0.259. The molecular formula is C18H26N2O4. The number of carbonyl (C=O) groups excluding carboxylic acids is 1. The number of rotatable bonds is 7. The van der Waals surface area contributed by atoms with Crippen molar-refractivity contribution in [1.82, 2.24) is 4.90 Å². The highest BCUT2D eigenvalue weighted by Gasteiger charge is 2.24. The summed E-state index contributed by atoms with van der Waals surface area (Å²) < 4.78 is 5.35. The van der Waals surface area contributed by atoms with Gasteiger partial charge < -0.3 is 20.5 Å². The van der Waals surface area contributed by atoms with Gasteiger partial charge in [-0.3, -0.25) is 4.79 Å². The average molecular weight is 334 g/mol. The minimum atomic E-state index is -0.939. The van der Waals surface area contributed by atoms with Gasteiger partial charge in [0.15, 0.2) is 0 Å². The van der Waals surface area contributed by atoms with Crippen LogP contribution in [0.15, 0.2) is 30.3 Å². The Kier molecular flexibility index (Phi) is 7.06. The molecule has 0 bridgehead atoms. The van der Waals surface area contributed by atoms with E-state index in [2.05, 4.69) is 0 Å². The molecular weight excluding hydrogens is 308 g/mol. The zero-order valence-corrected chi connectivity index (χ0v) is 13.9. The first-order valence-electron chi connectivity index (χ1n) is 8.50. The van der Waals surface area contributed by atoms with Crippen molar-refractivity contribution in [3.05, 3.63) is 35.9 Å². The zero-order valence-electron chi connectivity index (χ0n) is 13.9. The maximum absolute atomic E-state index is 12.1. The number of ether oxygens (including phenoxy) is 1. The normalized spacial score (nSPS) is 16.6. The van der Waals surface area contributed by atoms with Crippen LogP contribution in [0.3, 0.4) is 0 Å². The van der Waals surface area contributed by atoms with Crippen molar-refractivity contribution in [3.8, 4) is 0 Å². The summed E-state index contributed by atoms with van der Waals surface area (Å²) in [5.41, 5.74) is 6.49. The van der Waals surface area contributed by atoms with E-state index in [1.807, 2.05) is 30.3 Å². The van der Waals surface area contributed by atoms with E-state index >= 15 is 0 Å². The van der Waals surface area contributed by atoms with E-state index in [1.54, 1.807) is 4.90 Å². The van der Waals surface area contributed by atoms with E-state index in [9.17, 15) is 9.59 Å². The Morgan fingerprint density at radius 1 is 1.25 bits per heavy atom. The smallest absolute Gasteiger partial charge is 0.410 e. The quantitative estimate of drug-likeness (QED) is 0.799. The Morgan fingerprint density at radius 3 is 2.54 bits per heavy atom. The van der Waals surface area contributed by atoms with Gasteiger partial charge in [0, 0.05) is 13.1 Å². The molecule has 1 aromatic carbocycles. The van der Waals surface area contributed by atoms with Crippen molar-refractivity contribution in [2.24, 2.45) is 11.7 Å². The highest BCUT2D eigenvalue weighted by molar-refractivity contribution is 5.72. The van der Waals surface area contributed by atoms with Crippen LogP contribution in [-0.4, -0.2) is 41.2 Å². The third-order valence-electron chi connectivity index (χ3n) is 4.52. The van der Waals surface area contributed by atoms with E-state index in [0.29, 0.717) is 32.0 Å². The molecule has 1 atom stereocenters. The average Bonchev–Trinajstić information content (AvgIpc) is 2.61. The summed E-state index contributed by atoms with van der Waals surface area (Å²) in [6.07, 6.45) is 3.90. The van der Waals surface area contributed by atoms with Gasteiger partial charge in [-0.25, -0.2) is 4.79 Å². The third kappa shape index (κ3) is 5.85. The number of carboxylic acid groups (broad SMARTS) is 1. The molecule has 1 aliphatic rings. The van der Waals surface area contributed by atoms with Crippen LogP contribution in [0.1, 0.15) is 37.7 Å². The highest BCUT2D eigenvalue weighted by Crippen LogP contribution is 2.23. The first-order chi connectivity index (χ1) is 11.6. The van der Waals surface area contributed by atoms with Gasteiger partial charge in [0.05, 0.1) is 0 Å². The van der Waals surface area contributed by atoms with Crippen molar-refractivity contribution >= 4 is 12.1 Å². The summed E-state index contributed by atoms with van der Waals surface area (Å²) in [6, 6.07) is 8.87. The molecule has 0 aliphatic carbocycles. The predicted molar refractivity (Wildman–Crippen MR) is 90.4 cm³/mol. The third-order valence-corrected chi connectivity index (χ3v) is 4.52. The zero-order chi connectivity index (χ0) is 17.4. The van der Waals surface area contributed by atoms with Crippen LogP contribution in [0, 0.1) is 5.92 Å². The molecule has 24 heavy (non-hydrogen) atoms. The summed E-state index contributed by atoms with van der Waals surface area (Å²) >= 11 is 0. The van der Waals surface area contributed by atoms with Gasteiger partial charge in [-0.2, -0.15) is 0 Å². The number of likely N-dealkylation sites (tertiary alicyclic amines) is 1. The maximum atomic E-state index is 12.1. The van der Waals surface area contributed by atoms with Gasteiger partial charge in [-0.15, -0.1) is 0 Å². The number of carbonyl (C=O) groups is 2. The van der Waals surface area contributed by atoms with E-state index in [0.717, 1.165) is 31.2 Å². The van der Waals surface area contributed by atoms with Crippen LogP contribution >= 0.6 is 0 Å². The number of piperidine rings is 1. The van der Waals surface area contributed by atoms with Crippen LogP contribution in [0.5, 0.6) is 0 Å². The molecule has 0 aromatic heterocycles. The van der Waals surface area contributed by atoms with Gasteiger partial charge in [0.25, 0.3) is 0 Å². The van der Waals surface area contributed by atoms with Gasteiger partial charge in [0.1, 0.15) is 12.6 Å². The number of aliphatic carboxylic acids is 1. The summed E-state index contributed by atoms with van der Waals surface area (Å²) in [5.74, 6) is -0.407. The minimum Gasteiger partial charge on any atom is -0.480 e. The van der Waals surface area contributed by atoms with Crippen molar-refractivity contribution in [2.45, 2.75) is 44.8 Å². The van der Waals surface area contributed by atoms with Crippen LogP contribution in [-0.2, 0) is 16.1 Å². The lowest BCUT2D eigenvalue weighted by atomic mass is 9.91. The lowest BCUT2D eigenvalue weighted by molar-refractivity contribution is -0.138. The van der Waals surface area contributed by atoms with Gasteiger partial charge in [-0.1, -0.05) is 43.2 Å². The highest BCUT2D eigenvalue weighted by atomic mass is 16.6. The molecule has 0 radical (unpaired) electrons. The molecule has 3 N–H and O–H groups in total. The van der Waals surface area contributed by atoms with Crippen molar-refractivity contribution in [2.75, 3.05) is 13.1 Å². The molecule has 1 heterocycles. The lowest BCUT2D eigenvalue weighted by Crippen LogP contribution is -2.38. The second-order valence-corrected chi connectivity index (χ2v) is 6.35. The topological polar surface area (TPSA) is 92.9 Å². The number of carboxylic acids is 1. The van der Waals surface area contributed by atoms with Crippen molar-refractivity contribution in [1.29, 1.82) is 0 Å². The standard InChI is InChI=1S/C18H26N2O4/c19-16(17(21)22)8-4-7-14-9-11-20(12-10-14)18(23)24-13-15-5-2-1-3-6-15/h1-3,5-6,14,16H,4,7-13,19H2,(H,21,22)/t16-/m1/s1. The Balaban J connectivity index is 1.63. The summed E-state index contributed by atoms with van der Waals surface area (Å²) in [5, 5.41) is 8.76. The van der Waals surface area contributed by atoms with E-state index in [1.165, 1.54) is 0 Å². The number of hydrogen-bond acceptors (Lipinski definition) is 4. The van der Waals surface area contributed by atoms with Crippen molar-refractivity contribution < 1.29 is 19.4 Å². The molecule has 132 valence electrons. The number of hydrogen-bond donors (Lipinski definition) is 2. The molecule has 6 heteroatoms. The van der Waals surface area contributed by atoms with Crippen LogP contribution < -0.4 is 5.73 Å². The molecule has 1 fully saturated rings. The predicted octanol–water partition coefficient (Wildman–Crippen LogP) is 2.62. The molecule has 1 saturated heterocycles. The number of nitrogens with two attached hydrogens (primary N) is 1. The molecule has 0 unspecified atom stereocenters. The second-order valence-electron chi connectivity index (χ2n) is 6.35. The monoisotopic (exact) mass is 334 g/mol. The van der Waals surface area contributed by atoms with Gasteiger partial charge >= 0.3 is 12.1 Å². The molecule has 6 nitrogen and oxygen atoms in total. The van der Waals surface area contributed by atoms with E-state index in [-0.39, 0.29) is 6.09 Å². The lowest BCUT2D eigenvalue weighted by Gasteiger charge is -2.31. The fraction of sp³-hybridized carbons (Fsp3) is 0.556. The summed E-state index contributed by atoms with van der Waals surface area (Å²) in [4.78, 5) is 24.5. The first-order valence-corrected chi connectivity index (χ1v) is 8.50. The molecule has 1 amide bonds. The van der Waals surface area contributed by atoms with Crippen molar-refractivity contribution in [3.63, 3.8) is 0 Å². The Hall–Kier alpha value is -2.08. The molecule has 2 rings (SSSR count). The van der Waals surface area contributed by atoms with Crippen LogP contribution in [0.2, 0.25) is 0 Å². The molecule has 0 spiro atoms. The Morgan fingerprint density at radius 2 is 1.92 bits per heavy atom. The largest absolute Gasteiger partial charge is 0.480 e. The number of amides is 1. The van der Waals surface area contributed by atoms with Gasteiger partial charge in [-0.05, 0) is 30.7 Å². The van der Waals surface area contributed by atoms with Crippen LogP contribution in [0.4, 0.5) is 4.79 Å². The summed E-state index contributed by atoms with van der Waals surface area (Å²) in [7, 11) is 0. The summed E-state index contributed by atoms with van der Waals surface area (Å²) in [6.45, 7) is 1.69. The molecule has 0 saturated carbocycles. The maximum Gasteiger partial charge on any atom is 0.410 e. The molecule has 1 aromatic rings. The fourth-order valence-electron chi connectivity index (χ4n) is 2.96. The Labute approximate surface area is 142 Å². The number of benzene rings is 1. The van der Waals surface area contributed by atoms with Gasteiger partial charge in [0.2, 0.25) is 0 Å². The van der Waals surface area contributed by atoms with E-state index in [4.69, 9.17) is 15.6 Å². The van der Waals surface area contributed by atoms with Crippen LogP contribution in [0.25, 0.3) is 0 Å². The number of nitrogens with zero attached hydrogens (tertiary/aromatic N) is 1. The molecule has 1 aliphatic heterocycles. The fourth-order valence-corrected chi connectivity index (χ4v) is 2.96. The second kappa shape index (κ2) is 9.27. The Bertz CT molecular complexity index is 527. The first kappa shape index (κ1) is 18.3. The van der Waals surface area contributed by atoms with E-state index < -0.39 is 12.0 Å².